The molecule has 2 rings (SSSR count). The molecule has 1 aromatic heterocycles. The molecule has 1 aliphatic rings. The quantitative estimate of drug-likeness (QED) is 0.836. The third kappa shape index (κ3) is 3.45. The molecule has 4 nitrogen and oxygen atoms in total. The summed E-state index contributed by atoms with van der Waals surface area (Å²) in [4.78, 5) is 14.2. The van der Waals surface area contributed by atoms with Crippen molar-refractivity contribution in [2.75, 3.05) is 18.0 Å². The van der Waals surface area contributed by atoms with Gasteiger partial charge in [0.05, 0.1) is 0 Å². The van der Waals surface area contributed by atoms with Gasteiger partial charge in [-0.15, -0.1) is 0 Å². The van der Waals surface area contributed by atoms with E-state index in [0.717, 1.165) is 31.3 Å². The minimum atomic E-state index is 0.162. The van der Waals surface area contributed by atoms with Gasteiger partial charge in [0.15, 0.2) is 0 Å². The number of aromatic nitrogens is 3. The summed E-state index contributed by atoms with van der Waals surface area (Å²) in [6.07, 6.45) is 3.59. The van der Waals surface area contributed by atoms with Crippen LogP contribution in [0, 0.1) is 11.8 Å². The standard InChI is InChI=1S/C12H18Cl2N4/c1-8(2)9-4-3-6-18(7-5-9)12-16-10(13)15-11(14)17-12/h8-9H,3-7H2,1-2H3. The lowest BCUT2D eigenvalue weighted by Gasteiger charge is -2.21. The van der Waals surface area contributed by atoms with Crippen LogP contribution in [0.25, 0.3) is 0 Å². The fourth-order valence-corrected chi connectivity index (χ4v) is 2.80. The van der Waals surface area contributed by atoms with Crippen LogP contribution in [-0.4, -0.2) is 28.0 Å². The van der Waals surface area contributed by atoms with Crippen molar-refractivity contribution in [3.05, 3.63) is 10.6 Å². The lowest BCUT2D eigenvalue weighted by molar-refractivity contribution is 0.351. The fourth-order valence-electron chi connectivity index (χ4n) is 2.45. The molecule has 0 amide bonds. The van der Waals surface area contributed by atoms with Crippen molar-refractivity contribution in [1.82, 2.24) is 15.0 Å². The molecular weight excluding hydrogens is 271 g/mol. The first-order valence-electron chi connectivity index (χ1n) is 6.38. The van der Waals surface area contributed by atoms with Crippen molar-refractivity contribution < 1.29 is 0 Å². The summed E-state index contributed by atoms with van der Waals surface area (Å²) in [5, 5.41) is 0.323. The second kappa shape index (κ2) is 6.02. The highest BCUT2D eigenvalue weighted by molar-refractivity contribution is 6.31. The smallest absolute Gasteiger partial charge is 0.230 e. The summed E-state index contributed by atoms with van der Waals surface area (Å²) in [6.45, 7) is 6.49. The molecule has 1 fully saturated rings. The van der Waals surface area contributed by atoms with Crippen molar-refractivity contribution in [2.24, 2.45) is 11.8 Å². The summed E-state index contributed by atoms with van der Waals surface area (Å²) >= 11 is 11.6. The van der Waals surface area contributed by atoms with Crippen LogP contribution in [-0.2, 0) is 0 Å². The van der Waals surface area contributed by atoms with Gasteiger partial charge < -0.3 is 4.90 Å². The Hall–Kier alpha value is -0.610. The highest BCUT2D eigenvalue weighted by Gasteiger charge is 2.21. The molecule has 1 saturated heterocycles. The summed E-state index contributed by atoms with van der Waals surface area (Å²) < 4.78 is 0. The van der Waals surface area contributed by atoms with Crippen molar-refractivity contribution in [3.63, 3.8) is 0 Å². The van der Waals surface area contributed by atoms with E-state index >= 15 is 0 Å². The van der Waals surface area contributed by atoms with Gasteiger partial charge in [-0.05, 0) is 54.3 Å². The molecular formula is C12H18Cl2N4. The van der Waals surface area contributed by atoms with Crippen LogP contribution in [0.1, 0.15) is 33.1 Å². The zero-order valence-electron chi connectivity index (χ0n) is 10.7. The van der Waals surface area contributed by atoms with Gasteiger partial charge in [0.25, 0.3) is 0 Å². The summed E-state index contributed by atoms with van der Waals surface area (Å²) in [7, 11) is 0. The Labute approximate surface area is 118 Å². The second-order valence-electron chi connectivity index (χ2n) is 5.10. The van der Waals surface area contributed by atoms with Gasteiger partial charge >= 0.3 is 0 Å². The first kappa shape index (κ1) is 13.8. The van der Waals surface area contributed by atoms with Gasteiger partial charge in [-0.2, -0.15) is 15.0 Å². The first-order valence-corrected chi connectivity index (χ1v) is 7.14. The van der Waals surface area contributed by atoms with Crippen molar-refractivity contribution >= 4 is 29.2 Å². The van der Waals surface area contributed by atoms with Gasteiger partial charge in [0, 0.05) is 13.1 Å². The lowest BCUT2D eigenvalue weighted by atomic mass is 9.89. The van der Waals surface area contributed by atoms with Gasteiger partial charge in [-0.3, -0.25) is 0 Å². The molecule has 0 N–H and O–H groups in total. The molecule has 1 atom stereocenters. The third-order valence-corrected chi connectivity index (χ3v) is 3.91. The van der Waals surface area contributed by atoms with Crippen LogP contribution in [0.2, 0.25) is 10.6 Å². The predicted octanol–water partition coefficient (Wildman–Crippen LogP) is 3.44. The fraction of sp³-hybridized carbons (Fsp3) is 0.750. The zero-order valence-corrected chi connectivity index (χ0v) is 12.2. The van der Waals surface area contributed by atoms with E-state index in [-0.39, 0.29) is 10.6 Å². The van der Waals surface area contributed by atoms with Crippen molar-refractivity contribution in [1.29, 1.82) is 0 Å². The highest BCUT2D eigenvalue weighted by Crippen LogP contribution is 2.26. The highest BCUT2D eigenvalue weighted by atomic mass is 35.5. The van der Waals surface area contributed by atoms with E-state index in [1.165, 1.54) is 12.8 Å². The van der Waals surface area contributed by atoms with E-state index in [9.17, 15) is 0 Å². The minimum Gasteiger partial charge on any atom is -0.341 e. The van der Waals surface area contributed by atoms with Crippen LogP contribution in [0.3, 0.4) is 0 Å². The van der Waals surface area contributed by atoms with Crippen LogP contribution in [0.15, 0.2) is 0 Å². The van der Waals surface area contributed by atoms with Gasteiger partial charge in [0.2, 0.25) is 16.5 Å². The van der Waals surface area contributed by atoms with Gasteiger partial charge in [0.1, 0.15) is 0 Å². The van der Waals surface area contributed by atoms with E-state index in [1.807, 2.05) is 0 Å². The molecule has 0 aromatic carbocycles. The Morgan fingerprint density at radius 2 is 1.72 bits per heavy atom. The SMILES string of the molecule is CC(C)C1CCCN(c2nc(Cl)nc(Cl)n2)CC1. The van der Waals surface area contributed by atoms with Crippen molar-refractivity contribution in [2.45, 2.75) is 33.1 Å². The van der Waals surface area contributed by atoms with E-state index in [1.54, 1.807) is 0 Å². The maximum absolute atomic E-state index is 5.82. The Bertz CT molecular complexity index is 391. The molecule has 0 saturated carbocycles. The molecule has 2 heterocycles. The molecule has 0 spiro atoms. The maximum Gasteiger partial charge on any atom is 0.230 e. The van der Waals surface area contributed by atoms with Crippen LogP contribution < -0.4 is 4.90 Å². The molecule has 1 aliphatic heterocycles. The number of hydrogen-bond donors (Lipinski definition) is 0. The minimum absolute atomic E-state index is 0.162. The number of anilines is 1. The zero-order chi connectivity index (χ0) is 13.1. The van der Waals surface area contributed by atoms with E-state index in [4.69, 9.17) is 23.2 Å². The number of nitrogens with zero attached hydrogens (tertiary/aromatic N) is 4. The topological polar surface area (TPSA) is 41.9 Å². The number of halogens is 2. The molecule has 1 aromatic rings. The summed E-state index contributed by atoms with van der Waals surface area (Å²) in [6, 6.07) is 0. The average molecular weight is 289 g/mol. The maximum atomic E-state index is 5.82. The molecule has 0 bridgehead atoms. The predicted molar refractivity (Wildman–Crippen MR) is 74.2 cm³/mol. The average Bonchev–Trinajstić information content (AvgIpc) is 2.52. The Morgan fingerprint density at radius 3 is 2.33 bits per heavy atom. The Balaban J connectivity index is 2.09. The van der Waals surface area contributed by atoms with Gasteiger partial charge in [-0.25, -0.2) is 0 Å². The Morgan fingerprint density at radius 1 is 1.06 bits per heavy atom. The molecule has 100 valence electrons. The van der Waals surface area contributed by atoms with Gasteiger partial charge in [-0.1, -0.05) is 13.8 Å². The molecule has 0 aliphatic carbocycles. The normalized spacial score (nSPS) is 21.2. The lowest BCUT2D eigenvalue weighted by Crippen LogP contribution is -2.26. The van der Waals surface area contributed by atoms with Crippen LogP contribution in [0.4, 0.5) is 5.95 Å². The molecule has 0 radical (unpaired) electrons. The molecule has 1 unspecified atom stereocenters. The van der Waals surface area contributed by atoms with E-state index in [2.05, 4.69) is 33.7 Å². The Kier molecular flexibility index (Phi) is 4.62. The largest absolute Gasteiger partial charge is 0.341 e. The summed E-state index contributed by atoms with van der Waals surface area (Å²) in [5.41, 5.74) is 0. The molecule has 18 heavy (non-hydrogen) atoms. The number of hydrogen-bond acceptors (Lipinski definition) is 4. The van der Waals surface area contributed by atoms with Crippen LogP contribution >= 0.6 is 23.2 Å². The summed E-state index contributed by atoms with van der Waals surface area (Å²) in [5.74, 6) is 2.11. The second-order valence-corrected chi connectivity index (χ2v) is 5.77. The van der Waals surface area contributed by atoms with E-state index in [0.29, 0.717) is 5.95 Å². The molecule has 6 heteroatoms. The van der Waals surface area contributed by atoms with Crippen molar-refractivity contribution in [3.8, 4) is 0 Å². The first-order chi connectivity index (χ1) is 8.56. The third-order valence-electron chi connectivity index (χ3n) is 3.57. The monoisotopic (exact) mass is 288 g/mol. The van der Waals surface area contributed by atoms with Crippen LogP contribution in [0.5, 0.6) is 0 Å². The number of rotatable bonds is 2. The van der Waals surface area contributed by atoms with E-state index < -0.39 is 0 Å².